The Morgan fingerprint density at radius 2 is 1.97 bits per heavy atom. The highest BCUT2D eigenvalue weighted by molar-refractivity contribution is 5.90. The lowest BCUT2D eigenvalue weighted by Crippen LogP contribution is -2.64. The number of fused-ring (bicyclic) bond motifs is 3. The Hall–Kier alpha value is -1.54. The second-order valence-electron chi connectivity index (χ2n) is 12.9. The molecule has 0 amide bonds. The lowest BCUT2D eigenvalue weighted by molar-refractivity contribution is -0.238. The number of ether oxygens (including phenoxy) is 4. The molecular weight excluding hydrogens is 472 g/mol. The Morgan fingerprint density at radius 3 is 2.65 bits per heavy atom. The summed E-state index contributed by atoms with van der Waals surface area (Å²) in [5.74, 6) is 0.148. The van der Waals surface area contributed by atoms with Crippen LogP contribution >= 0.6 is 0 Å². The van der Waals surface area contributed by atoms with Crippen LogP contribution in [0.4, 0.5) is 0 Å². The topological polar surface area (TPSA) is 94.6 Å². The first-order valence-corrected chi connectivity index (χ1v) is 14.3. The van der Waals surface area contributed by atoms with Gasteiger partial charge in [0.15, 0.2) is 6.29 Å². The molecule has 4 aliphatic carbocycles. The lowest BCUT2D eigenvalue weighted by Gasteiger charge is -2.58. The number of hydrogen-bond acceptors (Lipinski definition) is 6. The number of hydrogen-bond donors (Lipinski definition) is 1. The van der Waals surface area contributed by atoms with Crippen LogP contribution < -0.4 is 0 Å². The first-order valence-electron chi connectivity index (χ1n) is 14.3. The van der Waals surface area contributed by atoms with Crippen LogP contribution in [0, 0.1) is 45.8 Å². The Morgan fingerprint density at radius 1 is 1.19 bits per heavy atom. The molecule has 2 heterocycles. The predicted molar refractivity (Wildman–Crippen MR) is 136 cm³/mol. The Bertz CT molecular complexity index is 1020. The monoisotopic (exact) mass is 514 g/mol. The number of carboxylic acids is 1. The van der Waals surface area contributed by atoms with Gasteiger partial charge in [0, 0.05) is 5.41 Å². The van der Waals surface area contributed by atoms with Gasteiger partial charge in [-0.05, 0) is 62.7 Å². The molecule has 0 aromatic carbocycles. The maximum Gasteiger partial charge on any atom is 0.315 e. The van der Waals surface area contributed by atoms with Gasteiger partial charge in [0.25, 0.3) is 0 Å². The molecular formula is C30H42O7. The zero-order valence-electron chi connectivity index (χ0n) is 22.7. The van der Waals surface area contributed by atoms with E-state index < -0.39 is 28.5 Å². The highest BCUT2D eigenvalue weighted by Crippen LogP contribution is 2.82. The molecule has 6 rings (SSSR count). The van der Waals surface area contributed by atoms with Gasteiger partial charge < -0.3 is 28.8 Å². The number of epoxide rings is 1. The molecule has 1 N–H and O–H groups in total. The van der Waals surface area contributed by atoms with Crippen molar-refractivity contribution in [1.82, 2.24) is 0 Å². The van der Waals surface area contributed by atoms with Crippen molar-refractivity contribution in [1.29, 1.82) is 0 Å². The van der Waals surface area contributed by atoms with Crippen molar-refractivity contribution in [2.24, 2.45) is 45.8 Å². The van der Waals surface area contributed by atoms with E-state index in [1.54, 1.807) is 0 Å². The fourth-order valence-electron chi connectivity index (χ4n) is 9.75. The molecule has 2 saturated heterocycles. The molecule has 0 aromatic rings. The Kier molecular flexibility index (Phi) is 6.07. The average Bonchev–Trinajstić information content (AvgIpc) is 3.46. The molecule has 12 atom stereocenters. The molecule has 37 heavy (non-hydrogen) atoms. The minimum atomic E-state index is -1.23. The van der Waals surface area contributed by atoms with Gasteiger partial charge in [-0.1, -0.05) is 51.0 Å². The van der Waals surface area contributed by atoms with E-state index in [2.05, 4.69) is 26.8 Å². The summed E-state index contributed by atoms with van der Waals surface area (Å²) in [6, 6.07) is 0. The Balaban J connectivity index is 1.32. The van der Waals surface area contributed by atoms with Crippen LogP contribution in [-0.2, 0) is 28.5 Å². The third kappa shape index (κ3) is 3.14. The summed E-state index contributed by atoms with van der Waals surface area (Å²) < 4.78 is 24.8. The lowest BCUT2D eigenvalue weighted by atomic mass is 9.43. The molecule has 7 unspecified atom stereocenters. The third-order valence-corrected chi connectivity index (χ3v) is 11.2. The van der Waals surface area contributed by atoms with E-state index in [-0.39, 0.29) is 48.8 Å². The van der Waals surface area contributed by atoms with E-state index >= 15 is 0 Å². The van der Waals surface area contributed by atoms with Crippen molar-refractivity contribution in [3.8, 4) is 0 Å². The zero-order valence-corrected chi connectivity index (χ0v) is 22.7. The van der Waals surface area contributed by atoms with Gasteiger partial charge in [-0.3, -0.25) is 4.79 Å². The minimum absolute atomic E-state index is 0.0119. The highest BCUT2D eigenvalue weighted by Gasteiger charge is 2.84. The number of carbonyl (C=O) groups is 2. The van der Waals surface area contributed by atoms with Gasteiger partial charge in [0.05, 0.1) is 24.7 Å². The highest BCUT2D eigenvalue weighted by atomic mass is 16.7. The van der Waals surface area contributed by atoms with Gasteiger partial charge >= 0.3 is 5.97 Å². The molecule has 0 aromatic heterocycles. The maximum absolute atomic E-state index is 13.6. The van der Waals surface area contributed by atoms with Gasteiger partial charge in [-0.15, -0.1) is 0 Å². The summed E-state index contributed by atoms with van der Waals surface area (Å²) in [6.45, 7) is 11.1. The maximum atomic E-state index is 13.6. The van der Waals surface area contributed by atoms with E-state index in [0.717, 1.165) is 31.1 Å². The molecule has 4 bridgehead atoms. The number of carboxylic acid groups (broad SMARTS) is 1. The van der Waals surface area contributed by atoms with Crippen LogP contribution in [-0.4, -0.2) is 61.3 Å². The summed E-state index contributed by atoms with van der Waals surface area (Å²) in [4.78, 5) is 26.7. The van der Waals surface area contributed by atoms with Crippen molar-refractivity contribution in [2.75, 3.05) is 13.2 Å². The van der Waals surface area contributed by atoms with Crippen LogP contribution in [0.25, 0.3) is 0 Å². The number of rotatable bonds is 9. The molecule has 204 valence electrons. The van der Waals surface area contributed by atoms with E-state index in [9.17, 15) is 14.7 Å². The second-order valence-corrected chi connectivity index (χ2v) is 12.9. The number of allylic oxidation sites excluding steroid dienone is 2. The standard InChI is InChI=1S/C30H42O7/c1-6-7-10-34-23-18(5)36-26(25-24(23)37-25)35-15-29-13-20-17(4)8-9-21(20)28(14-31)12-19(29)11-22(16(2)3)30(28,29)27(32)33/h6-7,11,14,16-21,23-26H,8-10,12-13,15H2,1-5H3,(H,32,33)/b7-6+/t17?,18-,19?,20?,21?,23-,24+,25+,26-,28?,29?,30?/m1/s1. The number of carbonyl (C=O) groups excluding carboxylic acids is 1. The van der Waals surface area contributed by atoms with Gasteiger partial charge in [-0.2, -0.15) is 0 Å². The molecule has 7 heteroatoms. The summed E-state index contributed by atoms with van der Waals surface area (Å²) in [6.07, 6.45) is 9.38. The van der Waals surface area contributed by atoms with E-state index in [1.165, 1.54) is 0 Å². The molecule has 6 aliphatic rings. The molecule has 5 fully saturated rings. The third-order valence-electron chi connectivity index (χ3n) is 11.2. The largest absolute Gasteiger partial charge is 0.481 e. The Labute approximate surface area is 219 Å². The number of aldehydes is 1. The average molecular weight is 515 g/mol. The van der Waals surface area contributed by atoms with Crippen molar-refractivity contribution < 1.29 is 33.6 Å². The van der Waals surface area contributed by atoms with Gasteiger partial charge in [0.2, 0.25) is 0 Å². The van der Waals surface area contributed by atoms with Crippen molar-refractivity contribution in [3.63, 3.8) is 0 Å². The summed E-state index contributed by atoms with van der Waals surface area (Å²) in [5.41, 5.74) is -1.83. The fourth-order valence-corrected chi connectivity index (χ4v) is 9.75. The predicted octanol–water partition coefficient (Wildman–Crippen LogP) is 4.40. The van der Waals surface area contributed by atoms with Crippen molar-refractivity contribution in [3.05, 3.63) is 23.8 Å². The van der Waals surface area contributed by atoms with Gasteiger partial charge in [-0.25, -0.2) is 0 Å². The van der Waals surface area contributed by atoms with Crippen LogP contribution in [0.1, 0.15) is 60.3 Å². The molecule has 2 aliphatic heterocycles. The van der Waals surface area contributed by atoms with E-state index in [0.29, 0.717) is 24.9 Å². The summed E-state index contributed by atoms with van der Waals surface area (Å²) >= 11 is 0. The first kappa shape index (κ1) is 25.7. The molecule has 7 nitrogen and oxygen atoms in total. The zero-order chi connectivity index (χ0) is 26.3. The normalized spacial score (nSPS) is 51.3. The number of aliphatic carboxylic acids is 1. The smallest absolute Gasteiger partial charge is 0.315 e. The van der Waals surface area contributed by atoms with Crippen LogP contribution in [0.5, 0.6) is 0 Å². The minimum Gasteiger partial charge on any atom is -0.481 e. The van der Waals surface area contributed by atoms with Crippen LogP contribution in [0.3, 0.4) is 0 Å². The molecule has 0 spiro atoms. The van der Waals surface area contributed by atoms with E-state index in [4.69, 9.17) is 18.9 Å². The van der Waals surface area contributed by atoms with Gasteiger partial charge in [0.1, 0.15) is 30.0 Å². The van der Waals surface area contributed by atoms with Crippen molar-refractivity contribution in [2.45, 2.75) is 91.0 Å². The SMILES string of the molecule is C/C=C/CO[C@H]1[C@@H]2O[C@@H]2[C@H](OCC23CC4C(C)CCC4C4(C=O)CC2C=C(C(C)C)C43C(=O)O)O[C@@H]1C. The van der Waals surface area contributed by atoms with Crippen molar-refractivity contribution >= 4 is 12.3 Å². The van der Waals surface area contributed by atoms with E-state index in [1.807, 2.05) is 26.0 Å². The quantitative estimate of drug-likeness (QED) is 0.277. The molecule has 0 radical (unpaired) electrons. The van der Waals surface area contributed by atoms with Crippen LogP contribution in [0.15, 0.2) is 23.8 Å². The van der Waals surface area contributed by atoms with Crippen LogP contribution in [0.2, 0.25) is 0 Å². The summed E-state index contributed by atoms with van der Waals surface area (Å²) in [7, 11) is 0. The first-order chi connectivity index (χ1) is 17.7. The fraction of sp³-hybridized carbons (Fsp3) is 0.800. The molecule has 3 saturated carbocycles. The second kappa shape index (κ2) is 8.73. The summed E-state index contributed by atoms with van der Waals surface area (Å²) in [5, 5.41) is 11.1.